The maximum atomic E-state index is 13.0. The van der Waals surface area contributed by atoms with E-state index in [2.05, 4.69) is 19.2 Å². The van der Waals surface area contributed by atoms with Crippen molar-refractivity contribution in [3.8, 4) is 0 Å². The van der Waals surface area contributed by atoms with Crippen molar-refractivity contribution in [1.29, 1.82) is 0 Å². The van der Waals surface area contributed by atoms with E-state index in [1.54, 1.807) is 0 Å². The highest BCUT2D eigenvalue weighted by molar-refractivity contribution is 7.85. The van der Waals surface area contributed by atoms with Crippen LogP contribution in [0, 0.1) is 11.6 Å². The fraction of sp³-hybridized carbons (Fsp3) is 0.571. The molecule has 0 spiro atoms. The predicted octanol–water partition coefficient (Wildman–Crippen LogP) is 3.24. The van der Waals surface area contributed by atoms with Gasteiger partial charge in [0.05, 0.1) is 10.8 Å². The van der Waals surface area contributed by atoms with Gasteiger partial charge in [-0.2, -0.15) is 0 Å². The number of hydrogen-bond acceptors (Lipinski definition) is 2. The van der Waals surface area contributed by atoms with Gasteiger partial charge in [-0.3, -0.25) is 4.21 Å². The predicted molar refractivity (Wildman–Crippen MR) is 74.6 cm³/mol. The van der Waals surface area contributed by atoms with Crippen LogP contribution in [0.2, 0.25) is 0 Å². The Labute approximate surface area is 116 Å². The summed E-state index contributed by atoms with van der Waals surface area (Å²) in [6, 6.07) is 3.87. The molecule has 2 nitrogen and oxygen atoms in total. The van der Waals surface area contributed by atoms with E-state index in [0.29, 0.717) is 16.7 Å². The van der Waals surface area contributed by atoms with Crippen molar-refractivity contribution in [3.63, 3.8) is 0 Å². The Hall–Kier alpha value is -0.810. The summed E-state index contributed by atoms with van der Waals surface area (Å²) >= 11 is 0. The molecule has 1 rings (SSSR count). The average Bonchev–Trinajstić information content (AvgIpc) is 2.40. The molecule has 1 aromatic carbocycles. The molecular weight excluding hydrogens is 268 g/mol. The maximum absolute atomic E-state index is 13.0. The number of nitrogens with one attached hydrogen (secondary N) is 1. The highest BCUT2D eigenvalue weighted by Crippen LogP contribution is 2.14. The van der Waals surface area contributed by atoms with Gasteiger partial charge in [-0.25, -0.2) is 8.78 Å². The fourth-order valence-corrected chi connectivity index (χ4v) is 3.06. The molecule has 1 aromatic rings. The molecule has 0 aromatic heterocycles. The zero-order chi connectivity index (χ0) is 14.3. The van der Waals surface area contributed by atoms with Crippen LogP contribution in [0.15, 0.2) is 23.1 Å². The normalized spacial score (nSPS) is 14.3. The van der Waals surface area contributed by atoms with Crippen molar-refractivity contribution >= 4 is 10.8 Å². The summed E-state index contributed by atoms with van der Waals surface area (Å²) in [6.45, 7) is 5.09. The number of rotatable bonds is 8. The molecule has 0 saturated heterocycles. The first kappa shape index (κ1) is 16.2. The van der Waals surface area contributed by atoms with Gasteiger partial charge in [-0.05, 0) is 44.0 Å². The van der Waals surface area contributed by atoms with Crippen LogP contribution in [0.3, 0.4) is 0 Å². The van der Waals surface area contributed by atoms with Gasteiger partial charge in [-0.1, -0.05) is 13.8 Å². The second-order valence-corrected chi connectivity index (χ2v) is 6.00. The van der Waals surface area contributed by atoms with Crippen LogP contribution in [0.25, 0.3) is 0 Å². The van der Waals surface area contributed by atoms with Crippen molar-refractivity contribution in [3.05, 3.63) is 29.8 Å². The van der Waals surface area contributed by atoms with Gasteiger partial charge in [0, 0.05) is 16.7 Å². The molecule has 19 heavy (non-hydrogen) atoms. The molecule has 0 aliphatic rings. The van der Waals surface area contributed by atoms with Crippen LogP contribution >= 0.6 is 0 Å². The van der Waals surface area contributed by atoms with E-state index in [0.717, 1.165) is 37.9 Å². The van der Waals surface area contributed by atoms with Crippen LogP contribution in [-0.2, 0) is 10.8 Å². The second kappa shape index (κ2) is 8.38. The molecule has 1 N–H and O–H groups in total. The van der Waals surface area contributed by atoms with Crippen molar-refractivity contribution in [2.45, 2.75) is 44.0 Å². The van der Waals surface area contributed by atoms with Crippen LogP contribution in [0.4, 0.5) is 8.78 Å². The standard InChI is InChI=1S/C14H21F2NOS/c1-3-11(17-4-2)6-5-9-19(18)12-7-8-13(15)14(16)10-12/h7-8,10-11,17H,3-6,9H2,1-2H3. The van der Waals surface area contributed by atoms with Gasteiger partial charge in [0.25, 0.3) is 0 Å². The van der Waals surface area contributed by atoms with Crippen LogP contribution in [0.5, 0.6) is 0 Å². The summed E-state index contributed by atoms with van der Waals surface area (Å²) in [7, 11) is -1.26. The summed E-state index contributed by atoms with van der Waals surface area (Å²) in [5.41, 5.74) is 0. The van der Waals surface area contributed by atoms with Gasteiger partial charge in [0.2, 0.25) is 0 Å². The minimum Gasteiger partial charge on any atom is -0.314 e. The molecule has 5 heteroatoms. The van der Waals surface area contributed by atoms with Gasteiger partial charge >= 0.3 is 0 Å². The first-order valence-electron chi connectivity index (χ1n) is 6.65. The Balaban J connectivity index is 2.44. The SMILES string of the molecule is CCNC(CC)CCCS(=O)c1ccc(F)c(F)c1. The Kier molecular flexibility index (Phi) is 7.16. The van der Waals surface area contributed by atoms with Crippen LogP contribution < -0.4 is 5.32 Å². The van der Waals surface area contributed by atoms with Crippen LogP contribution in [0.1, 0.15) is 33.1 Å². The Morgan fingerprint density at radius 1 is 1.26 bits per heavy atom. The zero-order valence-corrected chi connectivity index (χ0v) is 12.2. The average molecular weight is 289 g/mol. The zero-order valence-electron chi connectivity index (χ0n) is 11.4. The largest absolute Gasteiger partial charge is 0.314 e. The van der Waals surface area contributed by atoms with Gasteiger partial charge in [0.15, 0.2) is 11.6 Å². The second-order valence-electron chi connectivity index (χ2n) is 4.43. The van der Waals surface area contributed by atoms with Crippen molar-refractivity contribution in [1.82, 2.24) is 5.32 Å². The minimum absolute atomic E-state index is 0.357. The molecule has 0 fully saturated rings. The summed E-state index contributed by atoms with van der Waals surface area (Å²) < 4.78 is 37.7. The number of halogens is 2. The lowest BCUT2D eigenvalue weighted by atomic mass is 10.1. The molecule has 0 amide bonds. The first-order valence-corrected chi connectivity index (χ1v) is 7.97. The van der Waals surface area contributed by atoms with Crippen molar-refractivity contribution in [2.24, 2.45) is 0 Å². The highest BCUT2D eigenvalue weighted by atomic mass is 32.2. The molecular formula is C14H21F2NOS. The number of benzene rings is 1. The smallest absolute Gasteiger partial charge is 0.160 e. The third-order valence-corrected chi connectivity index (χ3v) is 4.46. The molecule has 0 aliphatic heterocycles. The van der Waals surface area contributed by atoms with E-state index in [-0.39, 0.29) is 0 Å². The molecule has 0 heterocycles. The Bertz CT molecular complexity index is 426. The van der Waals surface area contributed by atoms with Gasteiger partial charge in [-0.15, -0.1) is 0 Å². The molecule has 0 saturated carbocycles. The van der Waals surface area contributed by atoms with Crippen molar-refractivity contribution < 1.29 is 13.0 Å². The maximum Gasteiger partial charge on any atom is 0.160 e. The van der Waals surface area contributed by atoms with E-state index in [4.69, 9.17) is 0 Å². The van der Waals surface area contributed by atoms with Crippen molar-refractivity contribution in [2.75, 3.05) is 12.3 Å². The molecule has 108 valence electrons. The van der Waals surface area contributed by atoms with E-state index >= 15 is 0 Å². The summed E-state index contributed by atoms with van der Waals surface area (Å²) in [4.78, 5) is 0.357. The number of hydrogen-bond donors (Lipinski definition) is 1. The Morgan fingerprint density at radius 3 is 2.58 bits per heavy atom. The third-order valence-electron chi connectivity index (χ3n) is 3.02. The molecule has 2 atom stereocenters. The summed E-state index contributed by atoms with van der Waals surface area (Å²) in [5.74, 6) is -1.36. The van der Waals surface area contributed by atoms with Crippen LogP contribution in [-0.4, -0.2) is 22.5 Å². The first-order chi connectivity index (χ1) is 9.08. The van der Waals surface area contributed by atoms with E-state index in [9.17, 15) is 13.0 Å². The topological polar surface area (TPSA) is 29.1 Å². The van der Waals surface area contributed by atoms with E-state index in [1.807, 2.05) is 0 Å². The van der Waals surface area contributed by atoms with Gasteiger partial charge < -0.3 is 5.32 Å². The fourth-order valence-electron chi connectivity index (χ4n) is 1.94. The third kappa shape index (κ3) is 5.37. The lowest BCUT2D eigenvalue weighted by molar-refractivity contribution is 0.476. The quantitative estimate of drug-likeness (QED) is 0.796. The lowest BCUT2D eigenvalue weighted by Gasteiger charge is -2.15. The highest BCUT2D eigenvalue weighted by Gasteiger charge is 2.10. The summed E-state index contributed by atoms with van der Waals surface area (Å²) in [5, 5.41) is 3.35. The molecule has 0 aliphatic carbocycles. The molecule has 0 radical (unpaired) electrons. The van der Waals surface area contributed by atoms with E-state index < -0.39 is 22.4 Å². The monoisotopic (exact) mass is 289 g/mol. The molecule has 0 bridgehead atoms. The minimum atomic E-state index is -1.26. The lowest BCUT2D eigenvalue weighted by Crippen LogP contribution is -2.28. The van der Waals surface area contributed by atoms with E-state index in [1.165, 1.54) is 6.07 Å². The Morgan fingerprint density at radius 2 is 2.00 bits per heavy atom. The molecule has 2 unspecified atom stereocenters. The van der Waals surface area contributed by atoms with Gasteiger partial charge in [0.1, 0.15) is 0 Å². The summed E-state index contributed by atoms with van der Waals surface area (Å²) in [6.07, 6.45) is 2.78.